The Balaban J connectivity index is 1.58. The maximum Gasteiger partial charge on any atom is 0.220 e. The Morgan fingerprint density at radius 2 is 1.96 bits per heavy atom. The van der Waals surface area contributed by atoms with Gasteiger partial charge in [0.15, 0.2) is 0 Å². The number of amides is 1. The Bertz CT molecular complexity index is 508. The smallest absolute Gasteiger partial charge is 0.220 e. The molecule has 0 heterocycles. The summed E-state index contributed by atoms with van der Waals surface area (Å²) in [6.07, 6.45) is 6.42. The van der Waals surface area contributed by atoms with Gasteiger partial charge in [0, 0.05) is 18.5 Å². The molecule has 1 saturated carbocycles. The van der Waals surface area contributed by atoms with E-state index in [-0.39, 0.29) is 5.91 Å². The first-order valence-electron chi connectivity index (χ1n) is 8.79. The molecule has 4 heteroatoms. The molecule has 0 saturated heterocycles. The van der Waals surface area contributed by atoms with Gasteiger partial charge in [-0.25, -0.2) is 0 Å². The molecule has 0 aliphatic heterocycles. The highest BCUT2D eigenvalue weighted by molar-refractivity contribution is 5.76. The first kappa shape index (κ1) is 17.8. The molecule has 1 aliphatic rings. The van der Waals surface area contributed by atoms with E-state index in [2.05, 4.69) is 37.4 Å². The minimum atomic E-state index is 0.164. The predicted octanol–water partition coefficient (Wildman–Crippen LogP) is 3.24. The van der Waals surface area contributed by atoms with Crippen molar-refractivity contribution >= 4 is 5.91 Å². The fourth-order valence-electron chi connectivity index (χ4n) is 3.00. The van der Waals surface area contributed by atoms with Crippen LogP contribution in [0.3, 0.4) is 0 Å². The van der Waals surface area contributed by atoms with Gasteiger partial charge in [-0.05, 0) is 69.6 Å². The molecule has 1 amide bonds. The second kappa shape index (κ2) is 8.92. The molecule has 0 unspecified atom stereocenters. The lowest BCUT2D eigenvalue weighted by molar-refractivity contribution is -0.122. The van der Waals surface area contributed by atoms with Gasteiger partial charge in [0.1, 0.15) is 5.75 Å². The quantitative estimate of drug-likeness (QED) is 0.759. The van der Waals surface area contributed by atoms with Crippen molar-refractivity contribution in [2.75, 3.05) is 6.61 Å². The van der Waals surface area contributed by atoms with Crippen LogP contribution in [0.5, 0.6) is 5.75 Å². The molecule has 0 bridgehead atoms. The molecule has 4 nitrogen and oxygen atoms in total. The van der Waals surface area contributed by atoms with E-state index in [0.717, 1.165) is 49.8 Å². The van der Waals surface area contributed by atoms with Crippen molar-refractivity contribution < 1.29 is 9.53 Å². The van der Waals surface area contributed by atoms with E-state index >= 15 is 0 Å². The number of nitrogens with two attached hydrogens (primary N) is 1. The summed E-state index contributed by atoms with van der Waals surface area (Å²) in [6, 6.07) is 6.88. The van der Waals surface area contributed by atoms with Crippen LogP contribution in [0.15, 0.2) is 18.2 Å². The minimum absolute atomic E-state index is 0.164. The molecule has 0 aromatic heterocycles. The number of carbonyl (C=O) groups excluding carboxylic acids is 1. The third kappa shape index (κ3) is 6.22. The van der Waals surface area contributed by atoms with Gasteiger partial charge in [-0.15, -0.1) is 0 Å². The Labute approximate surface area is 139 Å². The second-order valence-corrected chi connectivity index (χ2v) is 6.75. The van der Waals surface area contributed by atoms with Crippen molar-refractivity contribution in [3.05, 3.63) is 29.3 Å². The first-order valence-corrected chi connectivity index (χ1v) is 8.79. The van der Waals surface area contributed by atoms with E-state index in [0.29, 0.717) is 25.1 Å². The van der Waals surface area contributed by atoms with E-state index < -0.39 is 0 Å². The maximum atomic E-state index is 11.9. The number of ether oxygens (including phenoxy) is 1. The number of nitrogens with one attached hydrogen (secondary N) is 1. The lowest BCUT2D eigenvalue weighted by Gasteiger charge is -2.26. The number of aryl methyl sites for hydroxylation is 2. The van der Waals surface area contributed by atoms with E-state index in [1.807, 2.05) is 0 Å². The van der Waals surface area contributed by atoms with E-state index in [4.69, 9.17) is 10.5 Å². The van der Waals surface area contributed by atoms with Crippen LogP contribution < -0.4 is 15.8 Å². The van der Waals surface area contributed by atoms with Crippen molar-refractivity contribution in [3.8, 4) is 5.75 Å². The summed E-state index contributed by atoms with van der Waals surface area (Å²) in [5, 5.41) is 3.13. The molecule has 2 rings (SSSR count). The highest BCUT2D eigenvalue weighted by Gasteiger charge is 2.19. The molecule has 23 heavy (non-hydrogen) atoms. The summed E-state index contributed by atoms with van der Waals surface area (Å²) in [5.74, 6) is 1.12. The molecule has 3 N–H and O–H groups in total. The van der Waals surface area contributed by atoms with Crippen molar-refractivity contribution in [1.29, 1.82) is 0 Å². The van der Waals surface area contributed by atoms with Crippen molar-refractivity contribution in [3.63, 3.8) is 0 Å². The number of hydrogen-bond donors (Lipinski definition) is 2. The zero-order valence-corrected chi connectivity index (χ0v) is 14.4. The third-order valence-corrected chi connectivity index (χ3v) is 4.54. The summed E-state index contributed by atoms with van der Waals surface area (Å²) in [4.78, 5) is 11.9. The Morgan fingerprint density at radius 3 is 2.70 bits per heavy atom. The standard InChI is InChI=1S/C19H30N2O2/c1-14-6-7-15(2)18(13-14)23-12-4-3-5-19(22)21-17-10-8-16(20)9-11-17/h6-7,13,16-17H,3-5,8-12,20H2,1-2H3,(H,21,22). The third-order valence-electron chi connectivity index (χ3n) is 4.54. The summed E-state index contributed by atoms with van der Waals surface area (Å²) in [5.41, 5.74) is 8.24. The van der Waals surface area contributed by atoms with Gasteiger partial charge < -0.3 is 15.8 Å². The van der Waals surface area contributed by atoms with E-state index in [1.54, 1.807) is 0 Å². The van der Waals surface area contributed by atoms with Crippen LogP contribution in [0.4, 0.5) is 0 Å². The molecule has 0 radical (unpaired) electrons. The number of rotatable bonds is 7. The molecule has 128 valence electrons. The number of carbonyl (C=O) groups is 1. The summed E-state index contributed by atoms with van der Waals surface area (Å²) in [6.45, 7) is 4.78. The predicted molar refractivity (Wildman–Crippen MR) is 93.6 cm³/mol. The van der Waals surface area contributed by atoms with Crippen LogP contribution in [0.2, 0.25) is 0 Å². The average molecular weight is 318 g/mol. The number of unbranched alkanes of at least 4 members (excludes halogenated alkanes) is 1. The number of hydrogen-bond acceptors (Lipinski definition) is 3. The Hall–Kier alpha value is -1.55. The Kier molecular flexibility index (Phi) is 6.90. The molecular formula is C19H30N2O2. The molecule has 1 aliphatic carbocycles. The number of benzene rings is 1. The van der Waals surface area contributed by atoms with Gasteiger partial charge >= 0.3 is 0 Å². The van der Waals surface area contributed by atoms with Crippen LogP contribution in [-0.4, -0.2) is 24.6 Å². The fraction of sp³-hybridized carbons (Fsp3) is 0.632. The molecule has 0 atom stereocenters. The van der Waals surface area contributed by atoms with Gasteiger partial charge in [-0.2, -0.15) is 0 Å². The van der Waals surface area contributed by atoms with Gasteiger partial charge in [0.2, 0.25) is 5.91 Å². The van der Waals surface area contributed by atoms with Crippen LogP contribution in [0, 0.1) is 13.8 Å². The normalized spacial score (nSPS) is 21.0. The zero-order chi connectivity index (χ0) is 16.7. The zero-order valence-electron chi connectivity index (χ0n) is 14.4. The summed E-state index contributed by atoms with van der Waals surface area (Å²) >= 11 is 0. The molecule has 1 aromatic rings. The van der Waals surface area contributed by atoms with Crippen molar-refractivity contribution in [1.82, 2.24) is 5.32 Å². The molecule has 0 spiro atoms. The SMILES string of the molecule is Cc1ccc(C)c(OCCCCC(=O)NC2CCC(N)CC2)c1. The minimum Gasteiger partial charge on any atom is -0.493 e. The van der Waals surface area contributed by atoms with E-state index in [9.17, 15) is 4.79 Å². The highest BCUT2D eigenvalue weighted by Crippen LogP contribution is 2.19. The monoisotopic (exact) mass is 318 g/mol. The van der Waals surface area contributed by atoms with Crippen molar-refractivity contribution in [2.45, 2.75) is 70.9 Å². The summed E-state index contributed by atoms with van der Waals surface area (Å²) < 4.78 is 5.82. The van der Waals surface area contributed by atoms with Gasteiger partial charge in [-0.3, -0.25) is 4.79 Å². The van der Waals surface area contributed by atoms with Crippen molar-refractivity contribution in [2.24, 2.45) is 5.73 Å². The maximum absolute atomic E-state index is 11.9. The van der Waals surface area contributed by atoms with Crippen LogP contribution in [-0.2, 0) is 4.79 Å². The fourth-order valence-corrected chi connectivity index (χ4v) is 3.00. The molecule has 1 fully saturated rings. The first-order chi connectivity index (χ1) is 11.0. The van der Waals surface area contributed by atoms with Gasteiger partial charge in [-0.1, -0.05) is 12.1 Å². The Morgan fingerprint density at radius 1 is 1.22 bits per heavy atom. The molecule has 1 aromatic carbocycles. The van der Waals surface area contributed by atoms with Crippen LogP contribution in [0.25, 0.3) is 0 Å². The van der Waals surface area contributed by atoms with Gasteiger partial charge in [0.05, 0.1) is 6.61 Å². The molecular weight excluding hydrogens is 288 g/mol. The largest absolute Gasteiger partial charge is 0.493 e. The lowest BCUT2D eigenvalue weighted by atomic mass is 9.92. The second-order valence-electron chi connectivity index (χ2n) is 6.75. The van der Waals surface area contributed by atoms with E-state index in [1.165, 1.54) is 5.56 Å². The topological polar surface area (TPSA) is 64.3 Å². The van der Waals surface area contributed by atoms with Crippen LogP contribution >= 0.6 is 0 Å². The van der Waals surface area contributed by atoms with Crippen LogP contribution in [0.1, 0.15) is 56.1 Å². The average Bonchev–Trinajstić information content (AvgIpc) is 2.52. The highest BCUT2D eigenvalue weighted by atomic mass is 16.5. The lowest BCUT2D eigenvalue weighted by Crippen LogP contribution is -2.40. The summed E-state index contributed by atoms with van der Waals surface area (Å²) in [7, 11) is 0. The van der Waals surface area contributed by atoms with Gasteiger partial charge in [0.25, 0.3) is 0 Å².